The van der Waals surface area contributed by atoms with Gasteiger partial charge in [-0.15, -0.1) is 0 Å². The quantitative estimate of drug-likeness (QED) is 0.899. The fraction of sp³-hybridized carbons (Fsp3) is 0.200. The number of nitrogens with one attached hydrogen (secondary N) is 1. The van der Waals surface area contributed by atoms with Gasteiger partial charge in [-0.3, -0.25) is 0 Å². The average Bonchev–Trinajstić information content (AvgIpc) is 2.38. The van der Waals surface area contributed by atoms with Crippen LogP contribution in [0.3, 0.4) is 0 Å². The Bertz CT molecular complexity index is 560. The Morgan fingerprint density at radius 1 is 1.16 bits per heavy atom. The normalized spacial score (nSPS) is 10.5. The van der Waals surface area contributed by atoms with Crippen LogP contribution < -0.4 is 10.1 Å². The molecule has 0 aromatic heterocycles. The molecule has 0 spiro atoms. The molecule has 0 aliphatic heterocycles. The number of ether oxygens (including phenoxy) is 1. The van der Waals surface area contributed by atoms with Crippen LogP contribution in [0.4, 0.5) is 4.39 Å². The Labute approximate surface area is 117 Å². The van der Waals surface area contributed by atoms with E-state index in [-0.39, 0.29) is 10.8 Å². The van der Waals surface area contributed by atoms with Crippen LogP contribution in [0.2, 0.25) is 5.02 Å². The highest BCUT2D eigenvalue weighted by Crippen LogP contribution is 2.25. The van der Waals surface area contributed by atoms with Gasteiger partial charge >= 0.3 is 0 Å². The van der Waals surface area contributed by atoms with Crippen LogP contribution in [-0.2, 0) is 13.2 Å². The fourth-order valence-electron chi connectivity index (χ4n) is 1.79. The van der Waals surface area contributed by atoms with Crippen LogP contribution in [0, 0.1) is 5.82 Å². The summed E-state index contributed by atoms with van der Waals surface area (Å²) in [5.74, 6) is 0.121. The maximum atomic E-state index is 12.9. The van der Waals surface area contributed by atoms with Crippen molar-refractivity contribution in [2.24, 2.45) is 0 Å². The second-order valence-electron chi connectivity index (χ2n) is 4.21. The van der Waals surface area contributed by atoms with Crippen LogP contribution >= 0.6 is 11.6 Å². The van der Waals surface area contributed by atoms with Gasteiger partial charge in [-0.05, 0) is 36.4 Å². The Kier molecular flexibility index (Phi) is 4.77. The molecule has 0 unspecified atom stereocenters. The zero-order valence-corrected chi connectivity index (χ0v) is 11.4. The van der Waals surface area contributed by atoms with Gasteiger partial charge < -0.3 is 10.1 Å². The minimum absolute atomic E-state index is 0.284. The molecule has 0 bridgehead atoms. The summed E-state index contributed by atoms with van der Waals surface area (Å²) >= 11 is 5.90. The van der Waals surface area contributed by atoms with Gasteiger partial charge in [0.25, 0.3) is 0 Å². The highest BCUT2D eigenvalue weighted by atomic mass is 35.5. The van der Waals surface area contributed by atoms with Crippen LogP contribution in [0.5, 0.6) is 5.75 Å². The Morgan fingerprint density at radius 2 is 1.95 bits per heavy atom. The molecule has 2 aromatic rings. The monoisotopic (exact) mass is 279 g/mol. The first-order valence-corrected chi connectivity index (χ1v) is 6.37. The van der Waals surface area contributed by atoms with Gasteiger partial charge in [0.1, 0.15) is 18.2 Å². The Hall–Kier alpha value is -1.58. The van der Waals surface area contributed by atoms with Crippen molar-refractivity contribution in [2.45, 2.75) is 13.2 Å². The number of hydrogen-bond acceptors (Lipinski definition) is 2. The maximum absolute atomic E-state index is 12.9. The topological polar surface area (TPSA) is 21.3 Å². The second kappa shape index (κ2) is 6.55. The predicted octanol–water partition coefficient (Wildman–Crippen LogP) is 3.78. The lowest BCUT2D eigenvalue weighted by Gasteiger charge is -2.09. The van der Waals surface area contributed by atoms with Crippen molar-refractivity contribution in [1.82, 2.24) is 5.32 Å². The van der Waals surface area contributed by atoms with Crippen molar-refractivity contribution in [3.63, 3.8) is 0 Å². The van der Waals surface area contributed by atoms with E-state index in [1.54, 1.807) is 0 Å². The van der Waals surface area contributed by atoms with Gasteiger partial charge in [0, 0.05) is 6.54 Å². The third-order valence-electron chi connectivity index (χ3n) is 2.66. The molecule has 0 heterocycles. The van der Waals surface area contributed by atoms with E-state index in [1.165, 1.54) is 23.8 Å². The molecule has 0 fully saturated rings. The van der Waals surface area contributed by atoms with E-state index in [4.69, 9.17) is 16.3 Å². The van der Waals surface area contributed by atoms with Gasteiger partial charge in [0.2, 0.25) is 0 Å². The van der Waals surface area contributed by atoms with Crippen molar-refractivity contribution in [1.29, 1.82) is 0 Å². The summed E-state index contributed by atoms with van der Waals surface area (Å²) in [6, 6.07) is 12.2. The molecule has 0 saturated heterocycles. The van der Waals surface area contributed by atoms with E-state index >= 15 is 0 Å². The van der Waals surface area contributed by atoms with E-state index in [1.807, 2.05) is 25.2 Å². The van der Waals surface area contributed by atoms with Crippen molar-refractivity contribution < 1.29 is 9.13 Å². The van der Waals surface area contributed by atoms with Crippen molar-refractivity contribution >= 4 is 11.6 Å². The van der Waals surface area contributed by atoms with E-state index < -0.39 is 0 Å². The van der Waals surface area contributed by atoms with Crippen LogP contribution in [0.15, 0.2) is 42.5 Å². The summed E-state index contributed by atoms with van der Waals surface area (Å²) in [6.45, 7) is 1.22. The summed E-state index contributed by atoms with van der Waals surface area (Å²) in [5, 5.41) is 3.38. The van der Waals surface area contributed by atoms with Crippen LogP contribution in [-0.4, -0.2) is 7.05 Å². The third-order valence-corrected chi connectivity index (χ3v) is 2.96. The van der Waals surface area contributed by atoms with Crippen molar-refractivity contribution in [2.75, 3.05) is 7.05 Å². The molecule has 0 atom stereocenters. The Morgan fingerprint density at radius 3 is 2.68 bits per heavy atom. The molecular weight excluding hydrogens is 265 g/mol. The summed E-state index contributed by atoms with van der Waals surface area (Å²) < 4.78 is 18.5. The molecular formula is C15H15ClFNO. The van der Waals surface area contributed by atoms with Crippen molar-refractivity contribution in [3.8, 4) is 5.75 Å². The molecule has 2 aromatic carbocycles. The average molecular weight is 280 g/mol. The largest absolute Gasteiger partial charge is 0.487 e. The van der Waals surface area contributed by atoms with Crippen LogP contribution in [0.25, 0.3) is 0 Å². The molecule has 2 rings (SSSR count). The fourth-order valence-corrected chi connectivity index (χ4v) is 2.01. The SMILES string of the molecule is CNCc1cccc(COc2ccc(F)cc2Cl)c1. The molecule has 4 heteroatoms. The first-order chi connectivity index (χ1) is 9.19. The van der Waals surface area contributed by atoms with E-state index in [9.17, 15) is 4.39 Å². The van der Waals surface area contributed by atoms with Gasteiger partial charge in [-0.2, -0.15) is 0 Å². The highest BCUT2D eigenvalue weighted by molar-refractivity contribution is 6.32. The molecule has 19 heavy (non-hydrogen) atoms. The van der Waals surface area contributed by atoms with E-state index in [0.29, 0.717) is 12.4 Å². The number of halogens is 2. The minimum atomic E-state index is -0.367. The molecule has 100 valence electrons. The van der Waals surface area contributed by atoms with E-state index in [0.717, 1.165) is 12.1 Å². The predicted molar refractivity (Wildman–Crippen MR) is 74.9 cm³/mol. The minimum Gasteiger partial charge on any atom is -0.487 e. The van der Waals surface area contributed by atoms with E-state index in [2.05, 4.69) is 11.4 Å². The van der Waals surface area contributed by atoms with Gasteiger partial charge in [-0.25, -0.2) is 4.39 Å². The summed E-state index contributed by atoms with van der Waals surface area (Å²) in [6.07, 6.45) is 0. The van der Waals surface area contributed by atoms with Gasteiger partial charge in [0.15, 0.2) is 0 Å². The molecule has 1 N–H and O–H groups in total. The standard InChI is InChI=1S/C15H15ClFNO/c1-18-9-11-3-2-4-12(7-11)10-19-15-6-5-13(17)8-14(15)16/h2-8,18H,9-10H2,1H3. The second-order valence-corrected chi connectivity index (χ2v) is 4.62. The smallest absolute Gasteiger partial charge is 0.138 e. The third kappa shape index (κ3) is 3.94. The van der Waals surface area contributed by atoms with Gasteiger partial charge in [-0.1, -0.05) is 35.9 Å². The lowest BCUT2D eigenvalue weighted by molar-refractivity contribution is 0.306. The first kappa shape index (κ1) is 13.8. The number of hydrogen-bond donors (Lipinski definition) is 1. The maximum Gasteiger partial charge on any atom is 0.138 e. The van der Waals surface area contributed by atoms with Gasteiger partial charge in [0.05, 0.1) is 5.02 Å². The number of benzene rings is 2. The molecule has 0 amide bonds. The highest BCUT2D eigenvalue weighted by Gasteiger charge is 2.04. The Balaban J connectivity index is 2.03. The molecule has 0 aliphatic carbocycles. The molecule has 0 aliphatic rings. The van der Waals surface area contributed by atoms with Crippen molar-refractivity contribution in [3.05, 3.63) is 64.4 Å². The van der Waals surface area contributed by atoms with Crippen LogP contribution in [0.1, 0.15) is 11.1 Å². The molecule has 0 saturated carbocycles. The zero-order valence-electron chi connectivity index (χ0n) is 10.6. The lowest BCUT2D eigenvalue weighted by Crippen LogP contribution is -2.05. The summed E-state index contributed by atoms with van der Waals surface area (Å²) in [4.78, 5) is 0. The summed E-state index contributed by atoms with van der Waals surface area (Å²) in [5.41, 5.74) is 2.24. The molecule has 2 nitrogen and oxygen atoms in total. The zero-order chi connectivity index (χ0) is 13.7. The first-order valence-electron chi connectivity index (χ1n) is 5.99. The lowest BCUT2D eigenvalue weighted by atomic mass is 10.1. The number of rotatable bonds is 5. The summed E-state index contributed by atoms with van der Waals surface area (Å²) in [7, 11) is 1.90. The molecule has 0 radical (unpaired) electrons.